The van der Waals surface area contributed by atoms with Crippen LogP contribution < -0.4 is 0 Å². The number of rotatable bonds is 3. The summed E-state index contributed by atoms with van der Waals surface area (Å²) >= 11 is 0. The molecule has 0 aliphatic heterocycles. The molecule has 7 rings (SSSR count). The van der Waals surface area contributed by atoms with Crippen molar-refractivity contribution in [3.05, 3.63) is 125 Å². The Kier molecular flexibility index (Phi) is 9.34. The van der Waals surface area contributed by atoms with E-state index in [1.165, 1.54) is 22.3 Å². The van der Waals surface area contributed by atoms with E-state index in [1.54, 1.807) is 0 Å². The molecule has 0 saturated heterocycles. The number of aryl methyl sites for hydroxylation is 4. The van der Waals surface area contributed by atoms with Gasteiger partial charge in [0, 0.05) is 60.5 Å². The van der Waals surface area contributed by atoms with Crippen LogP contribution in [-0.2, 0) is 26.5 Å². The van der Waals surface area contributed by atoms with E-state index in [1.807, 2.05) is 43.7 Å². The van der Waals surface area contributed by atoms with Gasteiger partial charge in [0.25, 0.3) is 0 Å². The molecule has 5 heteroatoms. The summed E-state index contributed by atoms with van der Waals surface area (Å²) in [6.45, 7) is 15.0. The van der Waals surface area contributed by atoms with Crippen molar-refractivity contribution in [3.63, 3.8) is 0 Å². The number of aromatic nitrogens is 3. The van der Waals surface area contributed by atoms with Gasteiger partial charge >= 0.3 is 0 Å². The molecule has 7 aromatic rings. The molecule has 0 spiro atoms. The number of nitrogens with zero attached hydrogens (tertiary/aromatic N) is 3. The molecule has 4 heterocycles. The Morgan fingerprint density at radius 3 is 2.16 bits per heavy atom. The summed E-state index contributed by atoms with van der Waals surface area (Å²) in [6, 6.07) is 29.4. The maximum absolute atomic E-state index is 6.45. The summed E-state index contributed by atoms with van der Waals surface area (Å²) in [7, 11) is 0. The zero-order valence-corrected chi connectivity index (χ0v) is 29.3. The van der Waals surface area contributed by atoms with Gasteiger partial charge in [0.1, 0.15) is 5.58 Å². The van der Waals surface area contributed by atoms with E-state index in [-0.39, 0.29) is 25.5 Å². The Bertz CT molecular complexity index is 2120. The summed E-state index contributed by atoms with van der Waals surface area (Å²) < 4.78 is 6.45. The van der Waals surface area contributed by atoms with E-state index in [9.17, 15) is 0 Å². The smallest absolute Gasteiger partial charge is 0.128 e. The van der Waals surface area contributed by atoms with Gasteiger partial charge in [-0.15, -0.1) is 53.6 Å². The number of hydrogen-bond acceptors (Lipinski definition) is 4. The largest absolute Gasteiger partial charge is 0.500 e. The number of hydrogen-bond donors (Lipinski definition) is 0. The van der Waals surface area contributed by atoms with Crippen LogP contribution in [-0.4, -0.2) is 15.0 Å². The monoisotopic (exact) mass is 768 g/mol. The van der Waals surface area contributed by atoms with Gasteiger partial charge in [0.15, 0.2) is 0 Å². The van der Waals surface area contributed by atoms with E-state index < -0.39 is 0 Å². The third kappa shape index (κ3) is 6.91. The van der Waals surface area contributed by atoms with Gasteiger partial charge in [-0.2, -0.15) is 0 Å². The fourth-order valence-electron chi connectivity index (χ4n) is 5.56. The first-order chi connectivity index (χ1) is 21.1. The van der Waals surface area contributed by atoms with E-state index in [0.29, 0.717) is 0 Å². The molecular weight excluding hydrogens is 731 g/mol. The molecule has 229 valence electrons. The van der Waals surface area contributed by atoms with Crippen LogP contribution in [0.4, 0.5) is 0 Å². The van der Waals surface area contributed by atoms with E-state index >= 15 is 0 Å². The third-order valence-corrected chi connectivity index (χ3v) is 7.97. The maximum Gasteiger partial charge on any atom is 0.128 e. The topological polar surface area (TPSA) is 51.8 Å². The maximum atomic E-state index is 6.45. The number of benzene rings is 3. The molecule has 0 bridgehead atoms. The third-order valence-electron chi connectivity index (χ3n) is 7.97. The van der Waals surface area contributed by atoms with Crippen molar-refractivity contribution in [1.82, 2.24) is 15.0 Å². The molecule has 0 aliphatic carbocycles. The number of fused-ring (bicyclic) bond motifs is 5. The van der Waals surface area contributed by atoms with Gasteiger partial charge in [-0.1, -0.05) is 74.0 Å². The van der Waals surface area contributed by atoms with Crippen molar-refractivity contribution < 1.29 is 24.5 Å². The van der Waals surface area contributed by atoms with E-state index in [0.717, 1.165) is 67.3 Å². The van der Waals surface area contributed by atoms with Crippen LogP contribution in [0.5, 0.6) is 0 Å². The standard InChI is InChI=1S/C26H23N2O.C14H14N.Ir/c1-16-18-8-9-20-19-6-5-7-22(25(19)29-24(20)21(18)11-13-27-16)23-14-17(10-12-28-23)15-26(2,3)4;1-10-4-6-13(7-5-10)14-8-11(2)12(3)9-15-14;/h5-6,8-14H,15H2,1-4H3;4-6,8-9H,1-3H3;/q2*-1;. The molecule has 3 aromatic carbocycles. The molecule has 45 heavy (non-hydrogen) atoms. The van der Waals surface area contributed by atoms with Gasteiger partial charge in [-0.3, -0.25) is 4.98 Å². The minimum absolute atomic E-state index is 0. The Balaban J connectivity index is 0.000000212. The molecule has 0 amide bonds. The predicted octanol–water partition coefficient (Wildman–Crippen LogP) is 10.4. The molecular formula is C40H37IrN3O-2. The predicted molar refractivity (Wildman–Crippen MR) is 182 cm³/mol. The molecule has 0 atom stereocenters. The first-order valence-corrected chi connectivity index (χ1v) is 15.1. The molecule has 0 aliphatic rings. The average Bonchev–Trinajstić information content (AvgIpc) is 3.38. The Morgan fingerprint density at radius 1 is 0.689 bits per heavy atom. The molecule has 1 radical (unpaired) electrons. The van der Waals surface area contributed by atoms with Crippen LogP contribution >= 0.6 is 0 Å². The summed E-state index contributed by atoms with van der Waals surface area (Å²) in [4.78, 5) is 13.5. The fraction of sp³-hybridized carbons (Fsp3) is 0.225. The van der Waals surface area contributed by atoms with Gasteiger partial charge < -0.3 is 14.4 Å². The van der Waals surface area contributed by atoms with Crippen LogP contribution in [0.1, 0.15) is 48.7 Å². The second-order valence-corrected chi connectivity index (χ2v) is 12.9. The van der Waals surface area contributed by atoms with Crippen LogP contribution in [0.2, 0.25) is 0 Å². The van der Waals surface area contributed by atoms with Gasteiger partial charge in [0.05, 0.1) is 5.58 Å². The normalized spacial score (nSPS) is 11.4. The Labute approximate surface area is 279 Å². The van der Waals surface area contributed by atoms with Gasteiger partial charge in [0.2, 0.25) is 0 Å². The van der Waals surface area contributed by atoms with Crippen LogP contribution in [0.3, 0.4) is 0 Å². The minimum Gasteiger partial charge on any atom is -0.500 e. The van der Waals surface area contributed by atoms with Crippen LogP contribution in [0, 0.1) is 45.2 Å². The second kappa shape index (κ2) is 13.0. The molecule has 0 saturated carbocycles. The molecule has 0 unspecified atom stereocenters. The van der Waals surface area contributed by atoms with E-state index in [4.69, 9.17) is 4.42 Å². The van der Waals surface area contributed by atoms with Gasteiger partial charge in [-0.05, 0) is 61.7 Å². The first-order valence-electron chi connectivity index (χ1n) is 15.1. The fourth-order valence-corrected chi connectivity index (χ4v) is 5.56. The van der Waals surface area contributed by atoms with Crippen molar-refractivity contribution in [2.24, 2.45) is 5.41 Å². The summed E-state index contributed by atoms with van der Waals surface area (Å²) in [5.74, 6) is 0. The quantitative estimate of drug-likeness (QED) is 0.168. The molecule has 0 N–H and O–H groups in total. The number of pyridine rings is 3. The summed E-state index contributed by atoms with van der Waals surface area (Å²) in [5, 5.41) is 4.41. The van der Waals surface area contributed by atoms with Crippen molar-refractivity contribution in [2.45, 2.75) is 54.9 Å². The van der Waals surface area contributed by atoms with Crippen molar-refractivity contribution >= 4 is 32.7 Å². The minimum atomic E-state index is 0. The molecule has 4 nitrogen and oxygen atoms in total. The zero-order chi connectivity index (χ0) is 31.0. The summed E-state index contributed by atoms with van der Waals surface area (Å²) in [5.41, 5.74) is 11.8. The van der Waals surface area contributed by atoms with Crippen LogP contribution in [0.25, 0.3) is 55.2 Å². The second-order valence-electron chi connectivity index (χ2n) is 12.9. The molecule has 0 fully saturated rings. The van der Waals surface area contributed by atoms with Crippen molar-refractivity contribution in [3.8, 4) is 22.5 Å². The summed E-state index contributed by atoms with van der Waals surface area (Å²) in [6.07, 6.45) is 6.64. The van der Waals surface area contributed by atoms with E-state index in [2.05, 4.69) is 117 Å². The Hall–Kier alpha value is -4.18. The van der Waals surface area contributed by atoms with Crippen LogP contribution in [0.15, 0.2) is 89.7 Å². The zero-order valence-electron chi connectivity index (χ0n) is 26.9. The number of furan rings is 1. The van der Waals surface area contributed by atoms with Gasteiger partial charge in [-0.25, -0.2) is 0 Å². The average molecular weight is 768 g/mol. The Morgan fingerprint density at radius 2 is 1.42 bits per heavy atom. The first kappa shape index (κ1) is 32.2. The SMILES string of the molecule is Cc1c[c-]c(-c2cc(C)c(C)cn2)cc1.Cc1nccc2c1ccc1c3cc[c-]c(-c4cc(CC(C)(C)C)ccn4)c3oc21.[Ir]. The van der Waals surface area contributed by atoms with Crippen molar-refractivity contribution in [2.75, 3.05) is 0 Å². The molecule has 4 aromatic heterocycles. The van der Waals surface area contributed by atoms with Crippen molar-refractivity contribution in [1.29, 1.82) is 0 Å².